The zero-order valence-corrected chi connectivity index (χ0v) is 11.2. The van der Waals surface area contributed by atoms with Crippen molar-refractivity contribution in [2.45, 2.75) is 38.1 Å². The molecule has 2 atom stereocenters. The Labute approximate surface area is 113 Å². The molecule has 2 N–H and O–H groups in total. The molecule has 19 heavy (non-hydrogen) atoms. The van der Waals surface area contributed by atoms with E-state index in [-0.39, 0.29) is 17.9 Å². The molecular formula is C15H20N2O2. The fourth-order valence-electron chi connectivity index (χ4n) is 2.38. The molecule has 4 heteroatoms. The average Bonchev–Trinajstić information content (AvgIpc) is 2.87. The lowest BCUT2D eigenvalue weighted by Gasteiger charge is -2.18. The van der Waals surface area contributed by atoms with Gasteiger partial charge >= 0.3 is 0 Å². The molecule has 1 aliphatic heterocycles. The highest BCUT2D eigenvalue weighted by Gasteiger charge is 2.27. The Hall–Kier alpha value is -1.84. The van der Waals surface area contributed by atoms with Gasteiger partial charge in [-0.3, -0.25) is 9.59 Å². The predicted octanol–water partition coefficient (Wildman–Crippen LogP) is 1.57. The van der Waals surface area contributed by atoms with Crippen LogP contribution in [0.25, 0.3) is 0 Å². The minimum absolute atomic E-state index is 0.0322. The molecule has 0 saturated carbocycles. The topological polar surface area (TPSA) is 58.2 Å². The Morgan fingerprint density at radius 3 is 2.74 bits per heavy atom. The molecule has 1 aliphatic rings. The third kappa shape index (κ3) is 3.56. The summed E-state index contributed by atoms with van der Waals surface area (Å²) in [7, 11) is 0. The monoisotopic (exact) mass is 260 g/mol. The fraction of sp³-hybridized carbons (Fsp3) is 0.467. The predicted molar refractivity (Wildman–Crippen MR) is 73.6 cm³/mol. The molecule has 1 fully saturated rings. The van der Waals surface area contributed by atoms with Crippen LogP contribution in [0.3, 0.4) is 0 Å². The van der Waals surface area contributed by atoms with Gasteiger partial charge in [0.25, 0.3) is 0 Å². The third-order valence-electron chi connectivity index (χ3n) is 3.60. The summed E-state index contributed by atoms with van der Waals surface area (Å²) in [5.74, 6) is 0.220. The first-order valence-electron chi connectivity index (χ1n) is 6.82. The summed E-state index contributed by atoms with van der Waals surface area (Å²) >= 11 is 0. The van der Waals surface area contributed by atoms with Gasteiger partial charge < -0.3 is 10.6 Å². The van der Waals surface area contributed by atoms with Crippen LogP contribution in [0.15, 0.2) is 30.3 Å². The molecular weight excluding hydrogens is 240 g/mol. The van der Waals surface area contributed by atoms with E-state index < -0.39 is 0 Å². The zero-order chi connectivity index (χ0) is 13.7. The Morgan fingerprint density at radius 2 is 2.16 bits per heavy atom. The standard InChI is InChI=1S/C15H20N2O2/c1-2-11(12-6-4-3-5-7-12)10-16-15(19)13-8-9-14(18)17-13/h3-7,11,13H,2,8-10H2,1H3,(H,16,19)(H,17,18)/t11-,13+/m1/s1. The van der Waals surface area contributed by atoms with Crippen LogP contribution < -0.4 is 10.6 Å². The van der Waals surface area contributed by atoms with Crippen LogP contribution >= 0.6 is 0 Å². The lowest BCUT2D eigenvalue weighted by atomic mass is 9.96. The van der Waals surface area contributed by atoms with Crippen molar-refractivity contribution in [2.24, 2.45) is 0 Å². The van der Waals surface area contributed by atoms with Crippen molar-refractivity contribution in [2.75, 3.05) is 6.54 Å². The van der Waals surface area contributed by atoms with E-state index in [1.54, 1.807) is 0 Å². The van der Waals surface area contributed by atoms with Crippen molar-refractivity contribution in [3.05, 3.63) is 35.9 Å². The molecule has 0 unspecified atom stereocenters. The maximum Gasteiger partial charge on any atom is 0.242 e. The van der Waals surface area contributed by atoms with E-state index in [1.807, 2.05) is 18.2 Å². The summed E-state index contributed by atoms with van der Waals surface area (Å²) in [6.45, 7) is 2.73. The van der Waals surface area contributed by atoms with Crippen LogP contribution in [-0.4, -0.2) is 24.4 Å². The van der Waals surface area contributed by atoms with Gasteiger partial charge in [-0.05, 0) is 18.4 Å². The van der Waals surface area contributed by atoms with Gasteiger partial charge in [0.05, 0.1) is 0 Å². The first-order chi connectivity index (χ1) is 9.20. The van der Waals surface area contributed by atoms with Crippen molar-refractivity contribution in [1.29, 1.82) is 0 Å². The maximum absolute atomic E-state index is 11.9. The van der Waals surface area contributed by atoms with Gasteiger partial charge in [0.2, 0.25) is 11.8 Å². The normalized spacial score (nSPS) is 19.8. The van der Waals surface area contributed by atoms with Crippen LogP contribution in [0.5, 0.6) is 0 Å². The van der Waals surface area contributed by atoms with Crippen molar-refractivity contribution < 1.29 is 9.59 Å². The van der Waals surface area contributed by atoms with E-state index in [4.69, 9.17) is 0 Å². The molecule has 2 rings (SSSR count). The Morgan fingerprint density at radius 1 is 1.42 bits per heavy atom. The quantitative estimate of drug-likeness (QED) is 0.844. The fourth-order valence-corrected chi connectivity index (χ4v) is 2.38. The average molecular weight is 260 g/mol. The van der Waals surface area contributed by atoms with Gasteiger partial charge in [-0.25, -0.2) is 0 Å². The van der Waals surface area contributed by atoms with Crippen LogP contribution in [0.4, 0.5) is 0 Å². The first-order valence-corrected chi connectivity index (χ1v) is 6.82. The van der Waals surface area contributed by atoms with Crippen molar-refractivity contribution in [3.8, 4) is 0 Å². The van der Waals surface area contributed by atoms with Crippen molar-refractivity contribution >= 4 is 11.8 Å². The number of amides is 2. The number of carbonyl (C=O) groups is 2. The number of hydrogen-bond donors (Lipinski definition) is 2. The number of benzene rings is 1. The second kappa shape index (κ2) is 6.36. The molecule has 0 aliphatic carbocycles. The van der Waals surface area contributed by atoms with E-state index in [9.17, 15) is 9.59 Å². The second-order valence-electron chi connectivity index (χ2n) is 4.92. The summed E-state index contributed by atoms with van der Waals surface area (Å²) in [6.07, 6.45) is 2.03. The van der Waals surface area contributed by atoms with E-state index in [1.165, 1.54) is 5.56 Å². The van der Waals surface area contributed by atoms with Crippen LogP contribution in [0, 0.1) is 0 Å². The molecule has 4 nitrogen and oxygen atoms in total. The minimum atomic E-state index is -0.347. The van der Waals surface area contributed by atoms with Crippen LogP contribution in [-0.2, 0) is 9.59 Å². The van der Waals surface area contributed by atoms with Crippen molar-refractivity contribution in [3.63, 3.8) is 0 Å². The van der Waals surface area contributed by atoms with E-state index in [0.717, 1.165) is 6.42 Å². The Kier molecular flexibility index (Phi) is 4.55. The summed E-state index contributed by atoms with van der Waals surface area (Å²) < 4.78 is 0. The number of rotatable bonds is 5. The van der Waals surface area contributed by atoms with E-state index in [0.29, 0.717) is 25.3 Å². The molecule has 1 aromatic rings. The highest BCUT2D eigenvalue weighted by atomic mass is 16.2. The molecule has 2 amide bonds. The first kappa shape index (κ1) is 13.6. The smallest absolute Gasteiger partial charge is 0.242 e. The van der Waals surface area contributed by atoms with Crippen LogP contribution in [0.2, 0.25) is 0 Å². The minimum Gasteiger partial charge on any atom is -0.354 e. The molecule has 0 bridgehead atoms. The van der Waals surface area contributed by atoms with E-state index >= 15 is 0 Å². The molecule has 1 heterocycles. The summed E-state index contributed by atoms with van der Waals surface area (Å²) in [4.78, 5) is 23.0. The van der Waals surface area contributed by atoms with Gasteiger partial charge in [0.1, 0.15) is 6.04 Å². The summed E-state index contributed by atoms with van der Waals surface area (Å²) in [5.41, 5.74) is 1.24. The molecule has 1 aromatic carbocycles. The summed E-state index contributed by atoms with van der Waals surface area (Å²) in [6, 6.07) is 9.83. The highest BCUT2D eigenvalue weighted by molar-refractivity contribution is 5.90. The lowest BCUT2D eigenvalue weighted by molar-refractivity contribution is -0.125. The van der Waals surface area contributed by atoms with Crippen LogP contribution in [0.1, 0.15) is 37.7 Å². The molecule has 0 radical (unpaired) electrons. The second-order valence-corrected chi connectivity index (χ2v) is 4.92. The molecule has 0 spiro atoms. The molecule has 1 saturated heterocycles. The van der Waals surface area contributed by atoms with Gasteiger partial charge in [0, 0.05) is 18.9 Å². The lowest BCUT2D eigenvalue weighted by Crippen LogP contribution is -2.42. The van der Waals surface area contributed by atoms with Gasteiger partial charge in [-0.15, -0.1) is 0 Å². The largest absolute Gasteiger partial charge is 0.354 e. The summed E-state index contributed by atoms with van der Waals surface area (Å²) in [5, 5.41) is 5.63. The Balaban J connectivity index is 1.86. The molecule has 102 valence electrons. The zero-order valence-electron chi connectivity index (χ0n) is 11.2. The van der Waals surface area contributed by atoms with Gasteiger partial charge in [-0.1, -0.05) is 37.3 Å². The SMILES string of the molecule is CC[C@H](CNC(=O)[C@@H]1CCC(=O)N1)c1ccccc1. The van der Waals surface area contributed by atoms with E-state index in [2.05, 4.69) is 29.7 Å². The molecule has 0 aromatic heterocycles. The number of carbonyl (C=O) groups excluding carboxylic acids is 2. The Bertz CT molecular complexity index is 445. The van der Waals surface area contributed by atoms with Crippen molar-refractivity contribution in [1.82, 2.24) is 10.6 Å². The number of nitrogens with one attached hydrogen (secondary N) is 2. The maximum atomic E-state index is 11.9. The highest BCUT2D eigenvalue weighted by Crippen LogP contribution is 2.18. The third-order valence-corrected chi connectivity index (χ3v) is 3.60. The van der Waals surface area contributed by atoms with Gasteiger partial charge in [0.15, 0.2) is 0 Å². The number of hydrogen-bond acceptors (Lipinski definition) is 2. The van der Waals surface area contributed by atoms with Gasteiger partial charge in [-0.2, -0.15) is 0 Å².